The number of benzene rings is 1. The van der Waals surface area contributed by atoms with Gasteiger partial charge < -0.3 is 5.32 Å². The molecule has 1 aromatic heterocycles. The number of carbonyl (C=O) groups is 1. The van der Waals surface area contributed by atoms with Crippen LogP contribution in [0.1, 0.15) is 29.0 Å². The molecule has 0 aliphatic heterocycles. The maximum atomic E-state index is 12.2. The average molecular weight is 296 g/mol. The molecular weight excluding hydrogens is 280 g/mol. The number of nitrogens with one attached hydrogen (secondary N) is 1. The van der Waals surface area contributed by atoms with E-state index in [9.17, 15) is 10.1 Å². The van der Waals surface area contributed by atoms with Gasteiger partial charge in [-0.3, -0.25) is 4.79 Å². The number of nitriles is 1. The van der Waals surface area contributed by atoms with Gasteiger partial charge in [0.2, 0.25) is 0 Å². The Morgan fingerprint density at radius 3 is 2.62 bits per heavy atom. The Kier molecular flexibility index (Phi) is 4.91. The second kappa shape index (κ2) is 6.87. The standard InChI is InChI=1S/C17H16N2OS/c1-12-8-9-21-16(12)10-15(11-18)17(20)19-13(2)14-6-4-3-5-7-14/h3-10,13H,1-2H3,(H,19,20). The minimum atomic E-state index is -0.346. The van der Waals surface area contributed by atoms with Crippen LogP contribution in [0.15, 0.2) is 47.4 Å². The zero-order valence-electron chi connectivity index (χ0n) is 12.0. The molecule has 0 fully saturated rings. The molecule has 1 N–H and O–H groups in total. The van der Waals surface area contributed by atoms with Crippen molar-refractivity contribution >= 4 is 23.3 Å². The fourth-order valence-corrected chi connectivity index (χ4v) is 2.77. The van der Waals surface area contributed by atoms with Gasteiger partial charge in [0.15, 0.2) is 0 Å². The maximum absolute atomic E-state index is 12.2. The summed E-state index contributed by atoms with van der Waals surface area (Å²) < 4.78 is 0. The van der Waals surface area contributed by atoms with Gasteiger partial charge >= 0.3 is 0 Å². The van der Waals surface area contributed by atoms with Crippen molar-refractivity contribution in [1.82, 2.24) is 5.32 Å². The summed E-state index contributed by atoms with van der Waals surface area (Å²) >= 11 is 1.52. The molecule has 0 bridgehead atoms. The van der Waals surface area contributed by atoms with Crippen molar-refractivity contribution in [1.29, 1.82) is 5.26 Å². The van der Waals surface area contributed by atoms with Crippen molar-refractivity contribution in [3.63, 3.8) is 0 Å². The summed E-state index contributed by atoms with van der Waals surface area (Å²) in [5, 5.41) is 14.0. The summed E-state index contributed by atoms with van der Waals surface area (Å²) in [7, 11) is 0. The molecule has 0 aliphatic rings. The van der Waals surface area contributed by atoms with Crippen LogP contribution in [0.3, 0.4) is 0 Å². The summed E-state index contributed by atoms with van der Waals surface area (Å²) in [5.41, 5.74) is 2.20. The lowest BCUT2D eigenvalue weighted by atomic mass is 10.1. The first-order valence-corrected chi connectivity index (χ1v) is 7.51. The average Bonchev–Trinajstić information content (AvgIpc) is 2.90. The number of hydrogen-bond acceptors (Lipinski definition) is 3. The van der Waals surface area contributed by atoms with Crippen molar-refractivity contribution < 1.29 is 4.79 Å². The molecule has 2 aromatic rings. The number of thiophene rings is 1. The molecule has 4 heteroatoms. The lowest BCUT2D eigenvalue weighted by Crippen LogP contribution is -2.27. The van der Waals surface area contributed by atoms with E-state index < -0.39 is 0 Å². The van der Waals surface area contributed by atoms with Crippen LogP contribution in [-0.2, 0) is 4.79 Å². The fraction of sp³-hybridized carbons (Fsp3) is 0.176. The van der Waals surface area contributed by atoms with Crippen LogP contribution < -0.4 is 5.32 Å². The lowest BCUT2D eigenvalue weighted by molar-refractivity contribution is -0.117. The third-order valence-electron chi connectivity index (χ3n) is 3.19. The van der Waals surface area contributed by atoms with Crippen LogP contribution in [0.25, 0.3) is 6.08 Å². The smallest absolute Gasteiger partial charge is 0.262 e. The van der Waals surface area contributed by atoms with Crippen LogP contribution >= 0.6 is 11.3 Å². The Bertz CT molecular complexity index is 695. The van der Waals surface area contributed by atoms with Gasteiger partial charge in [0, 0.05) is 4.88 Å². The monoisotopic (exact) mass is 296 g/mol. The van der Waals surface area contributed by atoms with Gasteiger partial charge in [-0.15, -0.1) is 11.3 Å². The molecule has 0 saturated carbocycles. The van der Waals surface area contributed by atoms with Crippen LogP contribution in [0.5, 0.6) is 0 Å². The topological polar surface area (TPSA) is 52.9 Å². The van der Waals surface area contributed by atoms with E-state index in [0.29, 0.717) is 0 Å². The molecule has 21 heavy (non-hydrogen) atoms. The van der Waals surface area contributed by atoms with Gasteiger partial charge in [0.1, 0.15) is 11.6 Å². The summed E-state index contributed by atoms with van der Waals surface area (Å²) in [6.07, 6.45) is 1.65. The highest BCUT2D eigenvalue weighted by Gasteiger charge is 2.14. The highest BCUT2D eigenvalue weighted by Crippen LogP contribution is 2.19. The van der Waals surface area contributed by atoms with Crippen molar-refractivity contribution in [3.05, 3.63) is 63.4 Å². The number of carbonyl (C=O) groups excluding carboxylic acids is 1. The molecule has 0 saturated heterocycles. The normalized spacial score (nSPS) is 12.5. The Hall–Kier alpha value is -2.38. The number of rotatable bonds is 4. The van der Waals surface area contributed by atoms with E-state index in [1.165, 1.54) is 11.3 Å². The van der Waals surface area contributed by atoms with Gasteiger partial charge in [-0.25, -0.2) is 0 Å². The van der Waals surface area contributed by atoms with Crippen LogP contribution in [0, 0.1) is 18.3 Å². The fourth-order valence-electron chi connectivity index (χ4n) is 1.91. The molecule has 0 spiro atoms. The van der Waals surface area contributed by atoms with E-state index in [1.807, 2.05) is 61.7 Å². The lowest BCUT2D eigenvalue weighted by Gasteiger charge is -2.13. The largest absolute Gasteiger partial charge is 0.345 e. The Labute approximate surface area is 128 Å². The first kappa shape index (κ1) is 15.0. The minimum Gasteiger partial charge on any atom is -0.345 e. The first-order chi connectivity index (χ1) is 10.1. The van der Waals surface area contributed by atoms with Gasteiger partial charge in [-0.1, -0.05) is 30.3 Å². The zero-order chi connectivity index (χ0) is 15.2. The van der Waals surface area contributed by atoms with Crippen molar-refractivity contribution in [2.24, 2.45) is 0 Å². The zero-order valence-corrected chi connectivity index (χ0v) is 12.8. The summed E-state index contributed by atoms with van der Waals surface area (Å²) in [4.78, 5) is 13.1. The van der Waals surface area contributed by atoms with Crippen molar-refractivity contribution in [3.8, 4) is 6.07 Å². The molecule has 106 valence electrons. The molecule has 2 rings (SSSR count). The summed E-state index contributed by atoms with van der Waals surface area (Å²) in [6, 6.07) is 13.5. The van der Waals surface area contributed by atoms with E-state index in [1.54, 1.807) is 6.08 Å². The molecule has 3 nitrogen and oxygen atoms in total. The minimum absolute atomic E-state index is 0.128. The number of amides is 1. The second-order valence-corrected chi connectivity index (χ2v) is 5.69. The molecule has 1 aromatic carbocycles. The van der Waals surface area contributed by atoms with E-state index in [0.717, 1.165) is 16.0 Å². The third-order valence-corrected chi connectivity index (χ3v) is 4.16. The Balaban J connectivity index is 2.13. The summed E-state index contributed by atoms with van der Waals surface area (Å²) in [5.74, 6) is -0.346. The first-order valence-electron chi connectivity index (χ1n) is 6.63. The van der Waals surface area contributed by atoms with Crippen LogP contribution in [0.4, 0.5) is 0 Å². The van der Waals surface area contributed by atoms with Gasteiger partial charge in [0.25, 0.3) is 5.91 Å². The molecule has 0 aliphatic carbocycles. The van der Waals surface area contributed by atoms with Crippen molar-refractivity contribution in [2.75, 3.05) is 0 Å². The SMILES string of the molecule is Cc1ccsc1C=C(C#N)C(=O)NC(C)c1ccccc1. The predicted molar refractivity (Wildman–Crippen MR) is 85.6 cm³/mol. The van der Waals surface area contributed by atoms with E-state index >= 15 is 0 Å². The van der Waals surface area contributed by atoms with Crippen LogP contribution in [0.2, 0.25) is 0 Å². The Morgan fingerprint density at radius 2 is 2.05 bits per heavy atom. The van der Waals surface area contributed by atoms with Gasteiger partial charge in [0.05, 0.1) is 6.04 Å². The van der Waals surface area contributed by atoms with E-state index in [4.69, 9.17) is 0 Å². The third kappa shape index (κ3) is 3.80. The molecular formula is C17H16N2OS. The number of aryl methyl sites for hydroxylation is 1. The van der Waals surface area contributed by atoms with Gasteiger partial charge in [-0.05, 0) is 42.5 Å². The van der Waals surface area contributed by atoms with Crippen molar-refractivity contribution in [2.45, 2.75) is 19.9 Å². The van der Waals surface area contributed by atoms with Crippen LogP contribution in [-0.4, -0.2) is 5.91 Å². The van der Waals surface area contributed by atoms with E-state index in [2.05, 4.69) is 5.32 Å². The number of nitrogens with zero attached hydrogens (tertiary/aromatic N) is 1. The Morgan fingerprint density at radius 1 is 1.33 bits per heavy atom. The predicted octanol–water partition coefficient (Wildman–Crippen LogP) is 3.84. The highest BCUT2D eigenvalue weighted by atomic mass is 32.1. The molecule has 1 atom stereocenters. The number of hydrogen-bond donors (Lipinski definition) is 1. The molecule has 0 radical (unpaired) electrons. The molecule has 1 heterocycles. The molecule has 1 amide bonds. The van der Waals surface area contributed by atoms with Gasteiger partial charge in [-0.2, -0.15) is 5.26 Å². The summed E-state index contributed by atoms with van der Waals surface area (Å²) in [6.45, 7) is 3.86. The molecule has 1 unspecified atom stereocenters. The quantitative estimate of drug-likeness (QED) is 0.688. The maximum Gasteiger partial charge on any atom is 0.262 e. The second-order valence-electron chi connectivity index (χ2n) is 4.74. The van der Waals surface area contributed by atoms with E-state index in [-0.39, 0.29) is 17.5 Å². The highest BCUT2D eigenvalue weighted by molar-refractivity contribution is 7.11.